The van der Waals surface area contributed by atoms with E-state index in [1.54, 1.807) is 0 Å². The van der Waals surface area contributed by atoms with Crippen LogP contribution in [0.5, 0.6) is 0 Å². The van der Waals surface area contributed by atoms with E-state index in [4.69, 9.17) is 15.0 Å². The molecule has 0 unspecified atom stereocenters. The number of aromatic nitrogens is 6. The zero-order chi connectivity index (χ0) is 54.8. The molecule has 16 rings (SSSR count). The van der Waals surface area contributed by atoms with Crippen molar-refractivity contribution in [3.05, 3.63) is 326 Å². The van der Waals surface area contributed by atoms with Crippen molar-refractivity contribution >= 4 is 76.6 Å². The zero-order valence-electron chi connectivity index (χ0n) is 45.1. The van der Waals surface area contributed by atoms with Gasteiger partial charge in [-0.2, -0.15) is 0 Å². The van der Waals surface area contributed by atoms with Crippen LogP contribution in [0.2, 0.25) is 0 Å². The van der Waals surface area contributed by atoms with Crippen LogP contribution in [0, 0.1) is 0 Å². The number of hydrogen-bond acceptors (Lipinski definition) is 3. The first-order valence-corrected chi connectivity index (χ1v) is 28.2. The van der Waals surface area contributed by atoms with Gasteiger partial charge in [-0.05, 0) is 106 Å². The summed E-state index contributed by atoms with van der Waals surface area (Å²) in [6.07, 6.45) is 0. The molecule has 4 aromatic heterocycles. The number of fused-ring (bicyclic) bond motifs is 9. The van der Waals surface area contributed by atoms with Crippen molar-refractivity contribution in [2.24, 2.45) is 0 Å². The average Bonchev–Trinajstić information content (AvgIpc) is 4.27. The second-order valence-corrected chi connectivity index (χ2v) is 21.1. The largest absolute Gasteiger partial charge is 0.309 e. The number of hydrogen-bond donors (Lipinski definition) is 0. The lowest BCUT2D eigenvalue weighted by Crippen LogP contribution is -2.02. The Balaban J connectivity index is 0.917. The summed E-state index contributed by atoms with van der Waals surface area (Å²) in [7, 11) is 0. The minimum absolute atomic E-state index is 0.604. The van der Waals surface area contributed by atoms with Crippen LogP contribution in [0.4, 0.5) is 0 Å². The lowest BCUT2D eigenvalue weighted by atomic mass is 9.85. The van der Waals surface area contributed by atoms with Crippen molar-refractivity contribution in [3.63, 3.8) is 0 Å². The summed E-state index contributed by atoms with van der Waals surface area (Å²) in [6.45, 7) is 0. The van der Waals surface area contributed by atoms with Crippen LogP contribution in [0.25, 0.3) is 128 Å². The lowest BCUT2D eigenvalue weighted by Gasteiger charge is -2.20. The third kappa shape index (κ3) is 8.15. The fraction of sp³-hybridized carbons (Fsp3) is 0. The van der Waals surface area contributed by atoms with Gasteiger partial charge in [0.05, 0.1) is 33.1 Å². The third-order valence-electron chi connectivity index (χ3n) is 16.4. The summed E-state index contributed by atoms with van der Waals surface area (Å²) >= 11 is 0. The van der Waals surface area contributed by atoms with Crippen LogP contribution >= 0.6 is 0 Å². The van der Waals surface area contributed by atoms with Gasteiger partial charge in [0, 0.05) is 66.1 Å². The molecule has 0 fully saturated rings. The Labute approximate surface area is 479 Å². The summed E-state index contributed by atoms with van der Waals surface area (Å²) in [5, 5.41) is 7.39. The molecule has 0 bridgehead atoms. The highest BCUT2D eigenvalue weighted by atomic mass is 15.0. The van der Waals surface area contributed by atoms with E-state index in [0.717, 1.165) is 67.2 Å². The lowest BCUT2D eigenvalue weighted by molar-refractivity contribution is 1.07. The van der Waals surface area contributed by atoms with Gasteiger partial charge in [0.2, 0.25) is 0 Å². The van der Waals surface area contributed by atoms with Crippen molar-refractivity contribution in [2.75, 3.05) is 0 Å². The SMILES string of the molecule is c1ccc(-c2nc(-c3ccccc3)nc(-c3ccc(C(=C(c4ccc(-n5c6ccccc6c6ccccc65)cc4)c4ccc(-n5c6ccccc6c6ccccc65)cc4)c4ccc(-n5c6ccccc6c6ccccc65)cc4)cc3)n2)cc1. The van der Waals surface area contributed by atoms with Crippen molar-refractivity contribution in [2.45, 2.75) is 0 Å². The molecule has 83 heavy (non-hydrogen) atoms. The maximum Gasteiger partial charge on any atom is 0.164 e. The zero-order valence-corrected chi connectivity index (χ0v) is 45.1. The van der Waals surface area contributed by atoms with Crippen LogP contribution in [0.1, 0.15) is 22.3 Å². The molecule has 6 heteroatoms. The molecule has 388 valence electrons. The Hall–Kier alpha value is -11.2. The monoisotopic (exact) mass is 1060 g/mol. The van der Waals surface area contributed by atoms with Crippen LogP contribution < -0.4 is 0 Å². The third-order valence-corrected chi connectivity index (χ3v) is 16.4. The first-order valence-electron chi connectivity index (χ1n) is 28.2. The van der Waals surface area contributed by atoms with E-state index in [1.807, 2.05) is 60.7 Å². The Morgan fingerprint density at radius 2 is 0.398 bits per heavy atom. The van der Waals surface area contributed by atoms with Gasteiger partial charge in [0.15, 0.2) is 17.5 Å². The molecule has 0 N–H and O–H groups in total. The van der Waals surface area contributed by atoms with E-state index in [2.05, 4.69) is 256 Å². The predicted molar refractivity (Wildman–Crippen MR) is 343 cm³/mol. The first-order chi connectivity index (χ1) is 41.2. The van der Waals surface area contributed by atoms with E-state index in [0.29, 0.717) is 17.5 Å². The number of para-hydroxylation sites is 6. The van der Waals surface area contributed by atoms with Crippen molar-refractivity contribution in [1.82, 2.24) is 28.7 Å². The minimum atomic E-state index is 0.604. The smallest absolute Gasteiger partial charge is 0.164 e. The van der Waals surface area contributed by atoms with Crippen molar-refractivity contribution in [1.29, 1.82) is 0 Å². The van der Waals surface area contributed by atoms with Crippen LogP contribution in [-0.4, -0.2) is 28.7 Å². The highest BCUT2D eigenvalue weighted by Gasteiger charge is 2.22. The summed E-state index contributed by atoms with van der Waals surface area (Å²) in [5.41, 5.74) is 19.5. The number of nitrogens with zero attached hydrogens (tertiary/aromatic N) is 6. The predicted octanol–water partition coefficient (Wildman–Crippen LogP) is 19.2. The maximum atomic E-state index is 5.13. The van der Waals surface area contributed by atoms with Gasteiger partial charge in [-0.25, -0.2) is 15.0 Å². The van der Waals surface area contributed by atoms with E-state index in [-0.39, 0.29) is 0 Å². The summed E-state index contributed by atoms with van der Waals surface area (Å²) in [6, 6.07) is 109. The van der Waals surface area contributed by atoms with Gasteiger partial charge in [-0.3, -0.25) is 0 Å². The second-order valence-electron chi connectivity index (χ2n) is 21.1. The standard InChI is InChI=1S/C77H50N6/c1-3-19-55(20-4-1)75-78-76(56-21-5-2-6-22-56)80-77(79-75)57-37-35-51(36-38-57)73(52-39-45-58(46-40-52)81-67-29-13-7-23-61(67)62-24-8-14-30-68(62)81)74(53-41-47-59(48-42-53)82-69-31-15-9-25-63(69)64-26-10-16-32-70(64)82)54-43-49-60(50-44-54)83-71-33-17-11-27-65(71)66-28-12-18-34-72(66)83/h1-50H. The van der Waals surface area contributed by atoms with E-state index in [9.17, 15) is 0 Å². The normalized spacial score (nSPS) is 11.6. The molecule has 12 aromatic carbocycles. The van der Waals surface area contributed by atoms with Crippen LogP contribution in [0.15, 0.2) is 303 Å². The summed E-state index contributed by atoms with van der Waals surface area (Å²) in [5.74, 6) is 1.85. The Morgan fingerprint density at radius 1 is 0.193 bits per heavy atom. The molecule has 16 aromatic rings. The van der Waals surface area contributed by atoms with Gasteiger partial charge in [-0.15, -0.1) is 0 Å². The molecular formula is C77H50N6. The summed E-state index contributed by atoms with van der Waals surface area (Å²) < 4.78 is 7.16. The maximum absolute atomic E-state index is 5.13. The highest BCUT2D eigenvalue weighted by molar-refractivity contribution is 6.12. The first kappa shape index (κ1) is 47.8. The van der Waals surface area contributed by atoms with Crippen LogP contribution in [-0.2, 0) is 0 Å². The van der Waals surface area contributed by atoms with Gasteiger partial charge < -0.3 is 13.7 Å². The Bertz CT molecular complexity index is 4770. The molecule has 4 heterocycles. The molecule has 0 aliphatic heterocycles. The average molecular weight is 1060 g/mol. The Morgan fingerprint density at radius 3 is 0.651 bits per heavy atom. The molecule has 0 saturated carbocycles. The van der Waals surface area contributed by atoms with Gasteiger partial charge in [-0.1, -0.05) is 231 Å². The quantitative estimate of drug-likeness (QED) is 0.128. The molecule has 0 amide bonds. The topological polar surface area (TPSA) is 53.5 Å². The molecule has 0 spiro atoms. The van der Waals surface area contributed by atoms with Gasteiger partial charge in [0.1, 0.15) is 0 Å². The molecule has 0 radical (unpaired) electrons. The molecule has 0 aliphatic carbocycles. The van der Waals surface area contributed by atoms with E-state index >= 15 is 0 Å². The molecule has 6 nitrogen and oxygen atoms in total. The van der Waals surface area contributed by atoms with Crippen molar-refractivity contribution in [3.8, 4) is 51.2 Å². The Kier molecular flexibility index (Phi) is 11.4. The highest BCUT2D eigenvalue weighted by Crippen LogP contribution is 2.42. The molecular weight excluding hydrogens is 1010 g/mol. The van der Waals surface area contributed by atoms with Crippen LogP contribution in [0.3, 0.4) is 0 Å². The number of rotatable bonds is 10. The second kappa shape index (κ2) is 19.9. The fourth-order valence-electron chi connectivity index (χ4n) is 12.6. The molecule has 0 aliphatic rings. The minimum Gasteiger partial charge on any atom is -0.309 e. The van der Waals surface area contributed by atoms with Gasteiger partial charge in [0.25, 0.3) is 0 Å². The fourth-order valence-corrected chi connectivity index (χ4v) is 12.6. The van der Waals surface area contributed by atoms with Crippen molar-refractivity contribution < 1.29 is 0 Å². The number of benzene rings is 12. The van der Waals surface area contributed by atoms with E-state index < -0.39 is 0 Å². The molecule has 0 saturated heterocycles. The van der Waals surface area contributed by atoms with E-state index in [1.165, 1.54) is 65.4 Å². The molecule has 0 atom stereocenters. The van der Waals surface area contributed by atoms with Gasteiger partial charge >= 0.3 is 0 Å². The summed E-state index contributed by atoms with van der Waals surface area (Å²) in [4.78, 5) is 15.3.